The number of carboxylic acid groups (broad SMARTS) is 1. The van der Waals surface area contributed by atoms with Crippen molar-refractivity contribution in [3.05, 3.63) is 35.4 Å². The van der Waals surface area contributed by atoms with E-state index in [2.05, 4.69) is 5.32 Å². The summed E-state index contributed by atoms with van der Waals surface area (Å²) in [5.74, 6) is -2.93. The van der Waals surface area contributed by atoms with E-state index in [0.717, 1.165) is 6.07 Å². The minimum absolute atomic E-state index is 0.186. The van der Waals surface area contributed by atoms with Gasteiger partial charge in [0.2, 0.25) is 5.91 Å². The summed E-state index contributed by atoms with van der Waals surface area (Å²) >= 11 is 0. The molecular formula is C15H14F3NO3. The van der Waals surface area contributed by atoms with Crippen LogP contribution in [-0.2, 0) is 15.8 Å². The van der Waals surface area contributed by atoms with E-state index in [1.807, 2.05) is 0 Å². The van der Waals surface area contributed by atoms with Crippen molar-refractivity contribution in [3.63, 3.8) is 0 Å². The molecule has 0 aromatic heterocycles. The van der Waals surface area contributed by atoms with E-state index in [0.29, 0.717) is 12.8 Å². The lowest BCUT2D eigenvalue weighted by atomic mass is 10.0. The number of carbonyl (C=O) groups is 2. The highest BCUT2D eigenvalue weighted by atomic mass is 19.4. The lowest BCUT2D eigenvalue weighted by molar-refractivity contribution is -0.140. The molecule has 0 radical (unpaired) electrons. The minimum Gasteiger partial charge on any atom is -0.481 e. The number of halogens is 3. The van der Waals surface area contributed by atoms with Gasteiger partial charge >= 0.3 is 12.1 Å². The molecule has 1 amide bonds. The largest absolute Gasteiger partial charge is 0.481 e. The number of aliphatic carboxylic acids is 1. The minimum atomic E-state index is -4.42. The fourth-order valence-corrected chi connectivity index (χ4v) is 2.82. The Morgan fingerprint density at radius 3 is 2.41 bits per heavy atom. The van der Waals surface area contributed by atoms with Crippen LogP contribution in [0.15, 0.2) is 24.3 Å². The SMILES string of the molecule is O=C(N[C@H]1C[C@@H]1c1ccccc1C(F)(F)F)[C@H]1C[C@H]1C(=O)O. The van der Waals surface area contributed by atoms with E-state index in [1.54, 1.807) is 6.07 Å². The molecule has 4 nitrogen and oxygen atoms in total. The molecule has 0 saturated heterocycles. The maximum Gasteiger partial charge on any atom is 0.416 e. The Morgan fingerprint density at radius 1 is 1.14 bits per heavy atom. The van der Waals surface area contributed by atoms with E-state index in [9.17, 15) is 22.8 Å². The van der Waals surface area contributed by atoms with E-state index >= 15 is 0 Å². The molecule has 1 aromatic rings. The Kier molecular flexibility index (Phi) is 3.38. The molecule has 0 unspecified atom stereocenters. The molecule has 22 heavy (non-hydrogen) atoms. The van der Waals surface area contributed by atoms with Crippen LogP contribution in [0.3, 0.4) is 0 Å². The molecule has 0 aliphatic heterocycles. The van der Waals surface area contributed by atoms with Crippen LogP contribution >= 0.6 is 0 Å². The monoisotopic (exact) mass is 313 g/mol. The van der Waals surface area contributed by atoms with Crippen LogP contribution in [0, 0.1) is 11.8 Å². The topological polar surface area (TPSA) is 66.4 Å². The van der Waals surface area contributed by atoms with Gasteiger partial charge in [0.1, 0.15) is 0 Å². The zero-order valence-corrected chi connectivity index (χ0v) is 11.4. The highest BCUT2D eigenvalue weighted by Gasteiger charge is 2.51. The quantitative estimate of drug-likeness (QED) is 0.897. The van der Waals surface area contributed by atoms with Crippen molar-refractivity contribution in [1.82, 2.24) is 5.32 Å². The number of hydrogen-bond acceptors (Lipinski definition) is 2. The highest BCUT2D eigenvalue weighted by molar-refractivity contribution is 5.89. The van der Waals surface area contributed by atoms with Gasteiger partial charge in [0.05, 0.1) is 17.4 Å². The number of hydrogen-bond donors (Lipinski definition) is 2. The second-order valence-electron chi connectivity index (χ2n) is 5.83. The van der Waals surface area contributed by atoms with E-state index in [1.165, 1.54) is 12.1 Å². The van der Waals surface area contributed by atoms with Crippen LogP contribution in [0.2, 0.25) is 0 Å². The second kappa shape index (κ2) is 5.00. The summed E-state index contributed by atoms with van der Waals surface area (Å²) in [6, 6.07) is 5.00. The third-order valence-electron chi connectivity index (χ3n) is 4.23. The summed E-state index contributed by atoms with van der Waals surface area (Å²) in [4.78, 5) is 22.5. The fraction of sp³-hybridized carbons (Fsp3) is 0.467. The van der Waals surface area contributed by atoms with Crippen molar-refractivity contribution in [2.75, 3.05) is 0 Å². The molecule has 4 atom stereocenters. The van der Waals surface area contributed by atoms with Gasteiger partial charge in [-0.25, -0.2) is 0 Å². The third-order valence-corrected chi connectivity index (χ3v) is 4.23. The van der Waals surface area contributed by atoms with Gasteiger partial charge < -0.3 is 10.4 Å². The van der Waals surface area contributed by atoms with E-state index < -0.39 is 29.5 Å². The summed E-state index contributed by atoms with van der Waals surface area (Å²) < 4.78 is 38.9. The van der Waals surface area contributed by atoms with Crippen molar-refractivity contribution in [2.45, 2.75) is 31.0 Å². The molecular weight excluding hydrogens is 299 g/mol. The van der Waals surface area contributed by atoms with Crippen molar-refractivity contribution in [2.24, 2.45) is 11.8 Å². The number of carbonyl (C=O) groups excluding carboxylic acids is 1. The summed E-state index contributed by atoms with van der Waals surface area (Å²) in [6.07, 6.45) is -3.67. The van der Waals surface area contributed by atoms with Crippen LogP contribution < -0.4 is 5.32 Å². The predicted octanol–water partition coefficient (Wildman–Crippen LogP) is 2.40. The highest BCUT2D eigenvalue weighted by Crippen LogP contribution is 2.47. The lowest BCUT2D eigenvalue weighted by Crippen LogP contribution is -2.29. The average molecular weight is 313 g/mol. The summed E-state index contributed by atoms with van der Waals surface area (Å²) in [5.41, 5.74) is -0.488. The first-order valence-corrected chi connectivity index (χ1v) is 6.98. The molecule has 1 aromatic carbocycles. The molecule has 2 N–H and O–H groups in total. The van der Waals surface area contributed by atoms with Gasteiger partial charge in [0.25, 0.3) is 0 Å². The van der Waals surface area contributed by atoms with E-state index in [-0.39, 0.29) is 23.4 Å². The molecule has 2 aliphatic rings. The van der Waals surface area contributed by atoms with Crippen molar-refractivity contribution in [1.29, 1.82) is 0 Å². The first-order valence-electron chi connectivity index (χ1n) is 6.98. The molecule has 7 heteroatoms. The average Bonchev–Trinajstić information content (AvgIpc) is 3.31. The van der Waals surface area contributed by atoms with Gasteiger partial charge in [-0.15, -0.1) is 0 Å². The van der Waals surface area contributed by atoms with Crippen LogP contribution in [0.4, 0.5) is 13.2 Å². The zero-order valence-electron chi connectivity index (χ0n) is 11.4. The standard InChI is InChI=1S/C15H14F3NO3/c16-15(17,18)11-4-2-1-3-7(11)8-6-12(8)19-13(20)9-5-10(9)14(21)22/h1-4,8-10,12H,5-6H2,(H,19,20)(H,21,22)/t8-,9+,10-,12+/m1/s1. The Balaban J connectivity index is 1.64. The van der Waals surface area contributed by atoms with Gasteiger partial charge in [-0.05, 0) is 24.5 Å². The number of rotatable bonds is 4. The molecule has 2 saturated carbocycles. The van der Waals surface area contributed by atoms with Gasteiger partial charge in [-0.2, -0.15) is 13.2 Å². The maximum absolute atomic E-state index is 13.0. The molecule has 118 valence electrons. The Bertz CT molecular complexity index is 629. The predicted molar refractivity (Wildman–Crippen MR) is 70.0 cm³/mol. The smallest absolute Gasteiger partial charge is 0.416 e. The van der Waals surface area contributed by atoms with E-state index in [4.69, 9.17) is 5.11 Å². The van der Waals surface area contributed by atoms with Gasteiger partial charge in [0, 0.05) is 12.0 Å². The maximum atomic E-state index is 13.0. The summed E-state index contributed by atoms with van der Waals surface area (Å²) in [6.45, 7) is 0. The van der Waals surface area contributed by atoms with Crippen LogP contribution in [0.5, 0.6) is 0 Å². The van der Waals surface area contributed by atoms with Crippen molar-refractivity contribution in [3.8, 4) is 0 Å². The Morgan fingerprint density at radius 2 is 1.82 bits per heavy atom. The van der Waals surface area contributed by atoms with Gasteiger partial charge in [-0.1, -0.05) is 18.2 Å². The molecule has 0 spiro atoms. The van der Waals surface area contributed by atoms with Crippen LogP contribution in [-0.4, -0.2) is 23.0 Å². The number of alkyl halides is 3. The molecule has 2 fully saturated rings. The van der Waals surface area contributed by atoms with Gasteiger partial charge in [-0.3, -0.25) is 9.59 Å². The normalized spacial score (nSPS) is 29.8. The third kappa shape index (κ3) is 2.80. The number of benzene rings is 1. The zero-order chi connectivity index (χ0) is 16.1. The lowest BCUT2D eigenvalue weighted by Gasteiger charge is -2.12. The molecule has 0 heterocycles. The molecule has 0 bridgehead atoms. The van der Waals surface area contributed by atoms with Crippen LogP contribution in [0.1, 0.15) is 29.9 Å². The first-order chi connectivity index (χ1) is 10.3. The number of nitrogens with one attached hydrogen (secondary N) is 1. The molecule has 3 rings (SSSR count). The van der Waals surface area contributed by atoms with Crippen molar-refractivity contribution >= 4 is 11.9 Å². The number of amides is 1. The summed E-state index contributed by atoms with van der Waals surface area (Å²) in [7, 11) is 0. The van der Waals surface area contributed by atoms with Gasteiger partial charge in [0.15, 0.2) is 0 Å². The summed E-state index contributed by atoms with van der Waals surface area (Å²) in [5, 5.41) is 11.4. The molecule has 2 aliphatic carbocycles. The second-order valence-corrected chi connectivity index (χ2v) is 5.83. The number of carboxylic acids is 1. The Labute approximate surface area is 124 Å². The van der Waals surface area contributed by atoms with Crippen LogP contribution in [0.25, 0.3) is 0 Å². The first kappa shape index (κ1) is 14.9. The Hall–Kier alpha value is -2.05. The van der Waals surface area contributed by atoms with Crippen molar-refractivity contribution < 1.29 is 27.9 Å². The fourth-order valence-electron chi connectivity index (χ4n) is 2.82.